The fraction of sp³-hybridized carbons (Fsp3) is 0. The smallest absolute Gasteiger partial charge is 0.235 e. The molecule has 0 fully saturated rings. The minimum atomic E-state index is 0.632. The van der Waals surface area contributed by atoms with E-state index >= 15 is 0 Å². The van der Waals surface area contributed by atoms with Gasteiger partial charge in [-0.15, -0.1) is 0 Å². The third-order valence-electron chi connectivity index (χ3n) is 10.2. The molecule has 0 unspecified atom stereocenters. The molecule has 3 aromatic heterocycles. The number of hydrogen-bond donors (Lipinski definition) is 0. The summed E-state index contributed by atoms with van der Waals surface area (Å²) in [5.41, 5.74) is 9.08. The molecule has 50 heavy (non-hydrogen) atoms. The lowest BCUT2D eigenvalue weighted by atomic mass is 9.98. The average Bonchev–Trinajstić information content (AvgIpc) is 3.73. The predicted molar refractivity (Wildman–Crippen MR) is 207 cm³/mol. The maximum Gasteiger partial charge on any atom is 0.235 e. The van der Waals surface area contributed by atoms with Crippen LogP contribution >= 0.6 is 0 Å². The zero-order valence-electron chi connectivity index (χ0n) is 26.8. The summed E-state index contributed by atoms with van der Waals surface area (Å²) in [6, 6.07) is 57.8. The maximum absolute atomic E-state index is 6.80. The van der Waals surface area contributed by atoms with Gasteiger partial charge in [-0.05, 0) is 75.1 Å². The first-order valence-corrected chi connectivity index (χ1v) is 16.9. The lowest BCUT2D eigenvalue weighted by Gasteiger charge is -2.12. The minimum Gasteiger partial charge on any atom is -0.455 e. The average molecular weight is 638 g/mol. The minimum absolute atomic E-state index is 0.632. The van der Waals surface area contributed by atoms with Crippen molar-refractivity contribution in [2.75, 3.05) is 0 Å². The Balaban J connectivity index is 1.18. The molecule has 11 aromatic rings. The maximum atomic E-state index is 6.80. The molecule has 3 heterocycles. The zero-order chi connectivity index (χ0) is 32.8. The van der Waals surface area contributed by atoms with Crippen LogP contribution in [-0.4, -0.2) is 14.5 Å². The summed E-state index contributed by atoms with van der Waals surface area (Å²) >= 11 is 0. The Morgan fingerprint density at radius 3 is 2.06 bits per heavy atom. The van der Waals surface area contributed by atoms with Crippen LogP contribution in [0.5, 0.6) is 0 Å². The molecular weight excluding hydrogens is 611 g/mol. The van der Waals surface area contributed by atoms with Gasteiger partial charge in [0, 0.05) is 27.1 Å². The summed E-state index contributed by atoms with van der Waals surface area (Å²) in [6.07, 6.45) is 0. The van der Waals surface area contributed by atoms with Crippen molar-refractivity contribution in [1.29, 1.82) is 0 Å². The van der Waals surface area contributed by atoms with Crippen molar-refractivity contribution in [2.24, 2.45) is 0 Å². The van der Waals surface area contributed by atoms with Crippen LogP contribution in [0.15, 0.2) is 168 Å². The second kappa shape index (κ2) is 10.4. The summed E-state index contributed by atoms with van der Waals surface area (Å²) < 4.78 is 8.99. The van der Waals surface area contributed by atoms with Crippen molar-refractivity contribution in [1.82, 2.24) is 14.5 Å². The van der Waals surface area contributed by atoms with E-state index in [4.69, 9.17) is 14.4 Å². The van der Waals surface area contributed by atoms with E-state index in [9.17, 15) is 0 Å². The molecule has 11 rings (SSSR count). The summed E-state index contributed by atoms with van der Waals surface area (Å²) in [5.74, 6) is 0.632. The van der Waals surface area contributed by atoms with Crippen LogP contribution in [0.4, 0.5) is 0 Å². The molecule has 232 valence electrons. The number of nitrogens with zero attached hydrogens (tertiary/aromatic N) is 3. The highest BCUT2D eigenvalue weighted by atomic mass is 16.3. The van der Waals surface area contributed by atoms with E-state index in [1.54, 1.807) is 0 Å². The number of rotatable bonds is 3. The zero-order valence-corrected chi connectivity index (χ0v) is 26.8. The highest BCUT2D eigenvalue weighted by Gasteiger charge is 2.22. The van der Waals surface area contributed by atoms with Crippen molar-refractivity contribution in [2.45, 2.75) is 0 Å². The highest BCUT2D eigenvalue weighted by Crippen LogP contribution is 2.43. The third-order valence-corrected chi connectivity index (χ3v) is 10.2. The molecule has 8 aromatic carbocycles. The van der Waals surface area contributed by atoms with Crippen LogP contribution in [0.1, 0.15) is 0 Å². The molecule has 0 spiro atoms. The summed E-state index contributed by atoms with van der Waals surface area (Å²) in [4.78, 5) is 10.5. The van der Waals surface area contributed by atoms with Gasteiger partial charge in [-0.2, -0.15) is 0 Å². The van der Waals surface area contributed by atoms with Gasteiger partial charge in [0.1, 0.15) is 11.2 Å². The summed E-state index contributed by atoms with van der Waals surface area (Å²) in [7, 11) is 0. The normalized spacial score (nSPS) is 12.0. The van der Waals surface area contributed by atoms with Crippen LogP contribution in [0.2, 0.25) is 0 Å². The fourth-order valence-electron chi connectivity index (χ4n) is 7.86. The summed E-state index contributed by atoms with van der Waals surface area (Å²) in [6.45, 7) is 0. The molecule has 0 saturated carbocycles. The van der Waals surface area contributed by atoms with Crippen molar-refractivity contribution < 1.29 is 4.42 Å². The Labute approximate surface area is 286 Å². The quantitative estimate of drug-likeness (QED) is 0.194. The fourth-order valence-corrected chi connectivity index (χ4v) is 7.86. The predicted octanol–water partition coefficient (Wildman–Crippen LogP) is 12.3. The first kappa shape index (κ1) is 27.2. The monoisotopic (exact) mass is 637 g/mol. The van der Waals surface area contributed by atoms with Gasteiger partial charge >= 0.3 is 0 Å². The summed E-state index contributed by atoms with van der Waals surface area (Å²) in [5, 5.41) is 10.2. The topological polar surface area (TPSA) is 43.9 Å². The Bertz CT molecular complexity index is 3150. The van der Waals surface area contributed by atoms with E-state index in [-0.39, 0.29) is 0 Å². The van der Waals surface area contributed by atoms with Gasteiger partial charge in [-0.25, -0.2) is 9.97 Å². The third kappa shape index (κ3) is 3.93. The van der Waals surface area contributed by atoms with Gasteiger partial charge in [0.15, 0.2) is 0 Å². The van der Waals surface area contributed by atoms with Crippen LogP contribution in [0.25, 0.3) is 105 Å². The van der Waals surface area contributed by atoms with Gasteiger partial charge in [0.25, 0.3) is 0 Å². The lowest BCUT2D eigenvalue weighted by Crippen LogP contribution is -2.03. The van der Waals surface area contributed by atoms with E-state index in [1.807, 2.05) is 6.07 Å². The van der Waals surface area contributed by atoms with Gasteiger partial charge in [-0.3, -0.25) is 4.57 Å². The Hall–Kier alpha value is -6.78. The molecule has 0 aliphatic heterocycles. The van der Waals surface area contributed by atoms with Crippen molar-refractivity contribution in [3.05, 3.63) is 164 Å². The van der Waals surface area contributed by atoms with Gasteiger partial charge in [0.2, 0.25) is 5.95 Å². The van der Waals surface area contributed by atoms with Gasteiger partial charge in [0.05, 0.1) is 27.6 Å². The molecule has 0 N–H and O–H groups in total. The van der Waals surface area contributed by atoms with E-state index in [1.165, 1.54) is 32.7 Å². The number of benzene rings is 8. The van der Waals surface area contributed by atoms with E-state index in [2.05, 4.69) is 162 Å². The molecule has 0 radical (unpaired) electrons. The first-order valence-electron chi connectivity index (χ1n) is 16.9. The van der Waals surface area contributed by atoms with E-state index in [0.29, 0.717) is 5.95 Å². The van der Waals surface area contributed by atoms with Crippen molar-refractivity contribution in [3.8, 4) is 28.3 Å². The molecular formula is C46H27N3O. The molecule has 0 amide bonds. The number of para-hydroxylation sites is 2. The molecule has 0 atom stereocenters. The number of aromatic nitrogens is 3. The second-order valence-electron chi connectivity index (χ2n) is 13.0. The number of hydrogen-bond acceptors (Lipinski definition) is 3. The SMILES string of the molecule is c1ccc(-c2ccc3c(ccc4oc5c(ccc6c5c5ccccc5n6-c5nc(-c6ccc7ccccc7c6)c6ccccc6n5)c43)c2)cc1. The molecule has 4 heteroatoms. The molecule has 0 bridgehead atoms. The molecule has 4 nitrogen and oxygen atoms in total. The van der Waals surface area contributed by atoms with Crippen LogP contribution in [-0.2, 0) is 0 Å². The standard InChI is InChI=1S/C46H27N3O/c1-2-10-28(11-3-1)31-20-22-34-32(26-31)21-25-41-42(34)37-23-24-40-43(45(37)50-41)36-15-7-9-17-39(36)49(40)46-47-38-16-8-6-14-35(38)44(48-46)33-19-18-29-12-4-5-13-30(29)27-33/h1-27H. The number of fused-ring (bicyclic) bond motifs is 11. The number of furan rings is 1. The van der Waals surface area contributed by atoms with Crippen LogP contribution in [0.3, 0.4) is 0 Å². The lowest BCUT2D eigenvalue weighted by molar-refractivity contribution is 0.673. The van der Waals surface area contributed by atoms with Crippen LogP contribution in [0, 0.1) is 0 Å². The second-order valence-corrected chi connectivity index (χ2v) is 13.0. The molecule has 0 saturated heterocycles. The van der Waals surface area contributed by atoms with Crippen molar-refractivity contribution in [3.63, 3.8) is 0 Å². The van der Waals surface area contributed by atoms with Crippen LogP contribution < -0.4 is 0 Å². The highest BCUT2D eigenvalue weighted by molar-refractivity contribution is 6.27. The Kier molecular flexibility index (Phi) is 5.63. The molecule has 0 aliphatic carbocycles. The Morgan fingerprint density at radius 1 is 0.420 bits per heavy atom. The molecule has 0 aliphatic rings. The van der Waals surface area contributed by atoms with E-state index < -0.39 is 0 Å². The largest absolute Gasteiger partial charge is 0.455 e. The van der Waals surface area contributed by atoms with Gasteiger partial charge in [-0.1, -0.05) is 121 Å². The Morgan fingerprint density at radius 2 is 1.14 bits per heavy atom. The van der Waals surface area contributed by atoms with Crippen molar-refractivity contribution >= 4 is 76.2 Å². The van der Waals surface area contributed by atoms with Gasteiger partial charge < -0.3 is 4.42 Å². The van der Waals surface area contributed by atoms with E-state index in [0.717, 1.165) is 65.9 Å². The first-order chi connectivity index (χ1) is 24.8.